The summed E-state index contributed by atoms with van der Waals surface area (Å²) in [6, 6.07) is 3.38. The second-order valence-corrected chi connectivity index (χ2v) is 4.47. The zero-order valence-electron chi connectivity index (χ0n) is 11.0. The first-order valence-corrected chi connectivity index (χ1v) is 5.89. The number of carbonyl (C=O) groups is 1. The summed E-state index contributed by atoms with van der Waals surface area (Å²) in [6.07, 6.45) is 0. The smallest absolute Gasteiger partial charge is 0.190 e. The standard InChI is InChI=1S/C14H14F2N2O/c1-8-9(2)17-18(10(8)3)7-13(19)14-11(15)5-4-6-12(14)16/h4-6H,7H2,1-3H3. The summed E-state index contributed by atoms with van der Waals surface area (Å²) in [5, 5.41) is 4.19. The van der Waals surface area contributed by atoms with Crippen molar-refractivity contribution in [3.8, 4) is 0 Å². The number of benzene rings is 1. The van der Waals surface area contributed by atoms with Crippen LogP contribution in [0.2, 0.25) is 0 Å². The number of aromatic nitrogens is 2. The van der Waals surface area contributed by atoms with E-state index in [1.807, 2.05) is 20.8 Å². The molecule has 3 nitrogen and oxygen atoms in total. The summed E-state index contributed by atoms with van der Waals surface area (Å²) in [7, 11) is 0. The van der Waals surface area contributed by atoms with Crippen molar-refractivity contribution in [2.24, 2.45) is 0 Å². The van der Waals surface area contributed by atoms with Crippen molar-refractivity contribution in [2.45, 2.75) is 27.3 Å². The van der Waals surface area contributed by atoms with Gasteiger partial charge in [0.05, 0.1) is 11.3 Å². The lowest BCUT2D eigenvalue weighted by atomic mass is 10.1. The third-order valence-corrected chi connectivity index (χ3v) is 3.28. The largest absolute Gasteiger partial charge is 0.292 e. The summed E-state index contributed by atoms with van der Waals surface area (Å²) in [6.45, 7) is 5.37. The van der Waals surface area contributed by atoms with Gasteiger partial charge in [-0.05, 0) is 38.5 Å². The molecule has 1 heterocycles. The van der Waals surface area contributed by atoms with Gasteiger partial charge in [0, 0.05) is 5.69 Å². The van der Waals surface area contributed by atoms with Crippen molar-refractivity contribution in [3.63, 3.8) is 0 Å². The maximum Gasteiger partial charge on any atom is 0.190 e. The van der Waals surface area contributed by atoms with Crippen LogP contribution in [-0.4, -0.2) is 15.6 Å². The average molecular weight is 264 g/mol. The zero-order valence-corrected chi connectivity index (χ0v) is 11.0. The molecular weight excluding hydrogens is 250 g/mol. The van der Waals surface area contributed by atoms with E-state index in [0.717, 1.165) is 29.1 Å². The molecule has 0 N–H and O–H groups in total. The summed E-state index contributed by atoms with van der Waals surface area (Å²) >= 11 is 0. The summed E-state index contributed by atoms with van der Waals surface area (Å²) in [5.41, 5.74) is 2.09. The third kappa shape index (κ3) is 2.41. The lowest BCUT2D eigenvalue weighted by molar-refractivity contribution is 0.0958. The number of hydrogen-bond donors (Lipinski definition) is 0. The Labute approximate surface area is 109 Å². The van der Waals surface area contributed by atoms with E-state index in [1.165, 1.54) is 10.7 Å². The van der Waals surface area contributed by atoms with Crippen LogP contribution in [0.1, 0.15) is 27.3 Å². The molecule has 0 aliphatic heterocycles. The molecule has 5 heteroatoms. The summed E-state index contributed by atoms with van der Waals surface area (Å²) < 4.78 is 28.5. The SMILES string of the molecule is Cc1nn(CC(=O)c2c(F)cccc2F)c(C)c1C. The fraction of sp³-hybridized carbons (Fsp3) is 0.286. The highest BCUT2D eigenvalue weighted by atomic mass is 19.1. The summed E-state index contributed by atoms with van der Waals surface area (Å²) in [4.78, 5) is 12.0. The number of nitrogens with zero attached hydrogens (tertiary/aromatic N) is 2. The Bertz CT molecular complexity index is 627. The van der Waals surface area contributed by atoms with E-state index < -0.39 is 23.0 Å². The predicted octanol–water partition coefficient (Wildman–Crippen LogP) is 2.97. The fourth-order valence-electron chi connectivity index (χ4n) is 1.92. The Hall–Kier alpha value is -2.04. The molecule has 0 bridgehead atoms. The molecule has 1 aromatic heterocycles. The van der Waals surface area contributed by atoms with Gasteiger partial charge in [-0.2, -0.15) is 5.10 Å². The zero-order chi connectivity index (χ0) is 14.2. The molecule has 0 saturated heterocycles. The third-order valence-electron chi connectivity index (χ3n) is 3.28. The fourth-order valence-corrected chi connectivity index (χ4v) is 1.92. The average Bonchev–Trinajstić information content (AvgIpc) is 2.57. The second kappa shape index (κ2) is 4.91. The number of Topliss-reactive ketones (excluding diaryl/α,β-unsaturated/α-hetero) is 1. The molecule has 0 fully saturated rings. The molecule has 0 atom stereocenters. The van der Waals surface area contributed by atoms with Crippen LogP contribution in [0.15, 0.2) is 18.2 Å². The van der Waals surface area contributed by atoms with Gasteiger partial charge < -0.3 is 0 Å². The van der Waals surface area contributed by atoms with Crippen LogP contribution in [0.3, 0.4) is 0 Å². The molecule has 0 spiro atoms. The normalized spacial score (nSPS) is 10.8. The molecule has 2 aromatic rings. The number of ketones is 1. The Morgan fingerprint density at radius 3 is 2.26 bits per heavy atom. The number of halogens is 2. The molecule has 0 aliphatic rings. The van der Waals surface area contributed by atoms with E-state index >= 15 is 0 Å². The highest BCUT2D eigenvalue weighted by Gasteiger charge is 2.19. The first-order valence-electron chi connectivity index (χ1n) is 5.89. The van der Waals surface area contributed by atoms with Crippen molar-refractivity contribution in [1.82, 2.24) is 9.78 Å². The molecule has 19 heavy (non-hydrogen) atoms. The van der Waals surface area contributed by atoms with Crippen molar-refractivity contribution in [2.75, 3.05) is 0 Å². The highest BCUT2D eigenvalue weighted by Crippen LogP contribution is 2.16. The van der Waals surface area contributed by atoms with Crippen LogP contribution in [-0.2, 0) is 6.54 Å². The first kappa shape index (κ1) is 13.4. The Morgan fingerprint density at radius 2 is 1.79 bits per heavy atom. The van der Waals surface area contributed by atoms with E-state index in [-0.39, 0.29) is 6.54 Å². The molecule has 0 unspecified atom stereocenters. The molecule has 0 radical (unpaired) electrons. The van der Waals surface area contributed by atoms with E-state index in [4.69, 9.17) is 0 Å². The molecule has 0 aliphatic carbocycles. The monoisotopic (exact) mass is 264 g/mol. The number of rotatable bonds is 3. The molecule has 2 rings (SSSR count). The Kier molecular flexibility index (Phi) is 3.46. The number of hydrogen-bond acceptors (Lipinski definition) is 2. The van der Waals surface area contributed by atoms with Gasteiger partial charge in [-0.15, -0.1) is 0 Å². The van der Waals surface area contributed by atoms with Gasteiger partial charge in [-0.3, -0.25) is 9.48 Å². The maximum absolute atomic E-state index is 13.5. The van der Waals surface area contributed by atoms with Crippen LogP contribution in [0, 0.1) is 32.4 Å². The molecule has 100 valence electrons. The molecule has 0 amide bonds. The van der Waals surface area contributed by atoms with Crippen molar-refractivity contribution >= 4 is 5.78 Å². The van der Waals surface area contributed by atoms with Crippen LogP contribution in [0.5, 0.6) is 0 Å². The molecule has 0 saturated carbocycles. The minimum atomic E-state index is -0.844. The van der Waals surface area contributed by atoms with Gasteiger partial charge >= 0.3 is 0 Å². The Balaban J connectivity index is 2.34. The van der Waals surface area contributed by atoms with Crippen LogP contribution >= 0.6 is 0 Å². The minimum absolute atomic E-state index is 0.168. The van der Waals surface area contributed by atoms with Crippen LogP contribution in [0.4, 0.5) is 8.78 Å². The Morgan fingerprint density at radius 1 is 1.21 bits per heavy atom. The van der Waals surface area contributed by atoms with E-state index in [0.29, 0.717) is 0 Å². The predicted molar refractivity (Wildman–Crippen MR) is 67.1 cm³/mol. The van der Waals surface area contributed by atoms with Gasteiger partial charge in [-0.25, -0.2) is 8.78 Å². The van der Waals surface area contributed by atoms with Gasteiger partial charge in [0.2, 0.25) is 0 Å². The van der Waals surface area contributed by atoms with E-state index in [1.54, 1.807) is 0 Å². The summed E-state index contributed by atoms with van der Waals surface area (Å²) in [5.74, 6) is -2.31. The topological polar surface area (TPSA) is 34.9 Å². The second-order valence-electron chi connectivity index (χ2n) is 4.47. The minimum Gasteiger partial charge on any atom is -0.292 e. The van der Waals surface area contributed by atoms with Gasteiger partial charge in [0.15, 0.2) is 5.78 Å². The van der Waals surface area contributed by atoms with Crippen molar-refractivity contribution in [1.29, 1.82) is 0 Å². The lowest BCUT2D eigenvalue weighted by Crippen LogP contribution is -2.16. The number of carbonyl (C=O) groups excluding carboxylic acids is 1. The van der Waals surface area contributed by atoms with E-state index in [2.05, 4.69) is 5.10 Å². The maximum atomic E-state index is 13.5. The van der Waals surface area contributed by atoms with Crippen molar-refractivity contribution < 1.29 is 13.6 Å². The highest BCUT2D eigenvalue weighted by molar-refractivity contribution is 5.96. The number of aryl methyl sites for hydroxylation is 1. The van der Waals surface area contributed by atoms with E-state index in [9.17, 15) is 13.6 Å². The van der Waals surface area contributed by atoms with Gasteiger partial charge in [0.25, 0.3) is 0 Å². The lowest BCUT2D eigenvalue weighted by Gasteiger charge is -2.06. The van der Waals surface area contributed by atoms with Crippen molar-refractivity contribution in [3.05, 3.63) is 52.3 Å². The van der Waals surface area contributed by atoms with Crippen LogP contribution in [0.25, 0.3) is 0 Å². The molecule has 1 aromatic carbocycles. The molecular formula is C14H14F2N2O. The van der Waals surface area contributed by atoms with Gasteiger partial charge in [-0.1, -0.05) is 6.07 Å². The van der Waals surface area contributed by atoms with Gasteiger partial charge in [0.1, 0.15) is 18.2 Å². The van der Waals surface area contributed by atoms with Crippen LogP contribution < -0.4 is 0 Å². The quantitative estimate of drug-likeness (QED) is 0.799. The first-order chi connectivity index (χ1) is 8.91.